The van der Waals surface area contributed by atoms with Gasteiger partial charge in [-0.1, -0.05) is 68.1 Å². The predicted octanol–water partition coefficient (Wildman–Crippen LogP) is 5.89. The van der Waals surface area contributed by atoms with E-state index in [4.69, 9.17) is 31.0 Å². The molecule has 0 atom stereocenters. The van der Waals surface area contributed by atoms with E-state index in [1.54, 1.807) is 6.07 Å². The number of aromatic nitrogens is 7. The van der Waals surface area contributed by atoms with E-state index < -0.39 is 5.76 Å². The Morgan fingerprint density at radius 1 is 1.12 bits per heavy atom. The lowest BCUT2D eigenvalue weighted by molar-refractivity contribution is 0.242. The second-order valence-electron chi connectivity index (χ2n) is 11.5. The number of hydrogen-bond acceptors (Lipinski definition) is 8. The number of aromatic hydroxyl groups is 1. The maximum Gasteiger partial charge on any atom is 0.434 e. The fraction of sp³-hybridized carbons (Fsp3) is 0.400. The summed E-state index contributed by atoms with van der Waals surface area (Å²) in [6, 6.07) is 12.2. The molecule has 2 aliphatic rings. The minimum absolute atomic E-state index is 0.0635. The van der Waals surface area contributed by atoms with Crippen molar-refractivity contribution in [1.29, 1.82) is 0 Å². The van der Waals surface area contributed by atoms with Crippen molar-refractivity contribution in [3.63, 3.8) is 0 Å². The van der Waals surface area contributed by atoms with E-state index in [1.807, 2.05) is 6.07 Å². The zero-order valence-corrected chi connectivity index (χ0v) is 23.4. The highest BCUT2D eigenvalue weighted by molar-refractivity contribution is 6.30. The Morgan fingerprint density at radius 2 is 1.90 bits per heavy atom. The number of rotatable bonds is 6. The van der Waals surface area contributed by atoms with E-state index >= 15 is 0 Å². The van der Waals surface area contributed by atoms with Crippen LogP contribution in [0.15, 0.2) is 51.8 Å². The van der Waals surface area contributed by atoms with Gasteiger partial charge in [-0.25, -0.2) is 29.8 Å². The molecule has 2 aliphatic carbocycles. The third-order valence-corrected chi connectivity index (χ3v) is 9.07. The van der Waals surface area contributed by atoms with E-state index in [-0.39, 0.29) is 23.0 Å². The van der Waals surface area contributed by atoms with Crippen LogP contribution in [0.2, 0.25) is 5.02 Å². The van der Waals surface area contributed by atoms with Crippen molar-refractivity contribution in [1.82, 2.24) is 34.7 Å². The molecule has 1 aromatic carbocycles. The molecule has 0 spiro atoms. The molecule has 4 heterocycles. The number of nitrogens with zero attached hydrogens (tertiary/aromatic N) is 6. The first-order valence-corrected chi connectivity index (χ1v) is 14.5. The van der Waals surface area contributed by atoms with Crippen molar-refractivity contribution in [2.45, 2.75) is 63.8 Å². The van der Waals surface area contributed by atoms with Gasteiger partial charge in [0.05, 0.1) is 16.0 Å². The number of nitrogens with one attached hydrogen (secondary N) is 1. The topological polar surface area (TPSA) is 136 Å². The number of halogens is 1. The molecule has 7 rings (SSSR count). The minimum Gasteiger partial charge on any atom is -0.493 e. The molecule has 2 saturated carbocycles. The lowest BCUT2D eigenvalue weighted by Gasteiger charge is -2.42. The Balaban J connectivity index is 1.52. The van der Waals surface area contributed by atoms with Crippen LogP contribution in [-0.4, -0.2) is 39.8 Å². The monoisotopic (exact) mass is 571 g/mol. The molecule has 0 saturated heterocycles. The molecule has 0 bridgehead atoms. The molecule has 0 unspecified atom stereocenters. The van der Waals surface area contributed by atoms with Gasteiger partial charge >= 0.3 is 5.76 Å². The highest BCUT2D eigenvalue weighted by atomic mass is 35.5. The van der Waals surface area contributed by atoms with Gasteiger partial charge in [0.25, 0.3) is 5.89 Å². The Labute approximate surface area is 240 Å². The maximum atomic E-state index is 11.8. The summed E-state index contributed by atoms with van der Waals surface area (Å²) in [5, 5.41) is 17.5. The number of fused-ring (bicyclic) bond motifs is 1. The van der Waals surface area contributed by atoms with Crippen LogP contribution < -0.4 is 5.76 Å². The van der Waals surface area contributed by atoms with Crippen LogP contribution in [0.5, 0.6) is 5.88 Å². The summed E-state index contributed by atoms with van der Waals surface area (Å²) in [6.07, 6.45) is 9.08. The van der Waals surface area contributed by atoms with Crippen LogP contribution in [0.1, 0.15) is 63.3 Å². The first kappa shape index (κ1) is 25.9. The van der Waals surface area contributed by atoms with Crippen LogP contribution in [0, 0.1) is 11.8 Å². The van der Waals surface area contributed by atoms with Gasteiger partial charge in [-0.15, -0.1) is 5.10 Å². The molecule has 0 radical (unpaired) electrons. The minimum atomic E-state index is -0.715. The lowest BCUT2D eigenvalue weighted by atomic mass is 9.63. The number of aromatic amines is 1. The summed E-state index contributed by atoms with van der Waals surface area (Å²) < 4.78 is 7.49. The van der Waals surface area contributed by atoms with Crippen LogP contribution in [-0.2, 0) is 12.0 Å². The predicted molar refractivity (Wildman–Crippen MR) is 154 cm³/mol. The van der Waals surface area contributed by atoms with Crippen LogP contribution in [0.3, 0.4) is 0 Å². The Bertz CT molecular complexity index is 1780. The second kappa shape index (κ2) is 10.1. The van der Waals surface area contributed by atoms with E-state index in [2.05, 4.69) is 50.9 Å². The SMILES string of the molecule is C[C@H]1CC[C@H](Cn2c(C3(c4ccccc4)CCC3)nc3nc(-c4n[nH]c(=O)o4)nc(-c4cc(Cl)cnc4O)c32)CC1. The van der Waals surface area contributed by atoms with Crippen molar-refractivity contribution in [3.8, 4) is 28.9 Å². The molecule has 11 heteroatoms. The quantitative estimate of drug-likeness (QED) is 0.257. The third-order valence-electron chi connectivity index (χ3n) is 8.86. The van der Waals surface area contributed by atoms with E-state index in [0.29, 0.717) is 33.4 Å². The molecule has 4 aromatic heterocycles. The van der Waals surface area contributed by atoms with Crippen molar-refractivity contribution < 1.29 is 9.52 Å². The summed E-state index contributed by atoms with van der Waals surface area (Å²) >= 11 is 6.36. The van der Waals surface area contributed by atoms with E-state index in [9.17, 15) is 9.90 Å². The molecule has 10 nitrogen and oxygen atoms in total. The standard InChI is InChI=1S/C30H30ClN7O3/c1-17-8-10-18(11-9-17)16-38-23-22(21-14-20(31)15-32-26(21)39)33-25(27-36-37-29(40)41-27)34-24(23)35-28(38)30(12-5-13-30)19-6-3-2-4-7-19/h2-4,6-7,14-15,17-18H,5,8-13,16H2,1H3,(H,32,39)(H,37,40)/t17-,18-. The zero-order chi connectivity index (χ0) is 28.1. The van der Waals surface area contributed by atoms with Crippen molar-refractivity contribution in [2.24, 2.45) is 11.8 Å². The van der Waals surface area contributed by atoms with E-state index in [1.165, 1.54) is 24.6 Å². The van der Waals surface area contributed by atoms with Crippen LogP contribution in [0.4, 0.5) is 0 Å². The van der Waals surface area contributed by atoms with Crippen molar-refractivity contribution in [3.05, 3.63) is 69.6 Å². The summed E-state index contributed by atoms with van der Waals surface area (Å²) in [4.78, 5) is 30.6. The van der Waals surface area contributed by atoms with Gasteiger partial charge in [-0.05, 0) is 49.1 Å². The first-order valence-electron chi connectivity index (χ1n) is 14.2. The highest BCUT2D eigenvalue weighted by Crippen LogP contribution is 2.50. The highest BCUT2D eigenvalue weighted by Gasteiger charge is 2.45. The van der Waals surface area contributed by atoms with Crippen LogP contribution in [0.25, 0.3) is 34.1 Å². The summed E-state index contributed by atoms with van der Waals surface area (Å²) in [7, 11) is 0. The smallest absolute Gasteiger partial charge is 0.434 e. The number of H-pyrrole nitrogens is 1. The Kier molecular flexibility index (Phi) is 6.37. The first-order chi connectivity index (χ1) is 19.9. The van der Waals surface area contributed by atoms with Gasteiger partial charge < -0.3 is 14.1 Å². The van der Waals surface area contributed by atoms with Gasteiger partial charge in [-0.2, -0.15) is 0 Å². The van der Waals surface area contributed by atoms with Gasteiger partial charge in [-0.3, -0.25) is 0 Å². The molecule has 0 amide bonds. The largest absolute Gasteiger partial charge is 0.493 e. The number of pyridine rings is 1. The fourth-order valence-electron chi connectivity index (χ4n) is 6.49. The third kappa shape index (κ3) is 4.50. The molecule has 5 aromatic rings. The molecule has 210 valence electrons. The van der Waals surface area contributed by atoms with Gasteiger partial charge in [0.2, 0.25) is 11.7 Å². The average Bonchev–Trinajstić information content (AvgIpc) is 3.55. The fourth-order valence-corrected chi connectivity index (χ4v) is 6.65. The molecule has 2 fully saturated rings. The summed E-state index contributed by atoms with van der Waals surface area (Å²) in [5.74, 6) is 1.22. The number of benzene rings is 1. The number of imidazole rings is 1. The maximum absolute atomic E-state index is 11.8. The van der Waals surface area contributed by atoms with Crippen LogP contribution >= 0.6 is 11.6 Å². The van der Waals surface area contributed by atoms with Crippen molar-refractivity contribution >= 4 is 22.8 Å². The normalized spacial score (nSPS) is 20.2. The molecular weight excluding hydrogens is 542 g/mol. The van der Waals surface area contributed by atoms with Gasteiger partial charge in [0.15, 0.2) is 5.65 Å². The summed E-state index contributed by atoms with van der Waals surface area (Å²) in [6.45, 7) is 3.08. The molecular formula is C30H30ClN7O3. The lowest BCUT2D eigenvalue weighted by Crippen LogP contribution is -2.39. The molecule has 41 heavy (non-hydrogen) atoms. The average molecular weight is 572 g/mol. The molecule has 2 N–H and O–H groups in total. The molecule has 0 aliphatic heterocycles. The van der Waals surface area contributed by atoms with Gasteiger partial charge in [0.1, 0.15) is 17.0 Å². The Morgan fingerprint density at radius 3 is 2.59 bits per heavy atom. The van der Waals surface area contributed by atoms with Crippen molar-refractivity contribution in [2.75, 3.05) is 0 Å². The summed E-state index contributed by atoms with van der Waals surface area (Å²) in [5.41, 5.74) is 2.85. The Hall–Kier alpha value is -4.05. The van der Waals surface area contributed by atoms with Gasteiger partial charge in [0, 0.05) is 12.7 Å². The number of hydrogen-bond donors (Lipinski definition) is 2. The zero-order valence-electron chi connectivity index (χ0n) is 22.7. The second-order valence-corrected chi connectivity index (χ2v) is 11.9. The van der Waals surface area contributed by atoms with E-state index in [0.717, 1.165) is 50.4 Å².